The Kier molecular flexibility index (Phi) is 3.18. The quantitative estimate of drug-likeness (QED) is 0.729. The molecule has 0 amide bonds. The Labute approximate surface area is 117 Å². The van der Waals surface area contributed by atoms with Crippen molar-refractivity contribution in [2.75, 3.05) is 0 Å². The summed E-state index contributed by atoms with van der Waals surface area (Å²) in [5.41, 5.74) is 4.01. The molecule has 0 aliphatic heterocycles. The molecule has 0 atom stereocenters. The van der Waals surface area contributed by atoms with Crippen LogP contribution in [0.5, 0.6) is 0 Å². The maximum Gasteiger partial charge on any atom is 0.160 e. The smallest absolute Gasteiger partial charge is 0.160 e. The number of pyridine rings is 1. The minimum absolute atomic E-state index is 0.620. The Hall–Kier alpha value is -2.67. The van der Waals surface area contributed by atoms with E-state index in [9.17, 15) is 0 Å². The zero-order valence-electron chi connectivity index (χ0n) is 11.2. The molecule has 0 saturated carbocycles. The molecule has 4 nitrogen and oxygen atoms in total. The van der Waals surface area contributed by atoms with Crippen molar-refractivity contribution >= 4 is 5.65 Å². The van der Waals surface area contributed by atoms with E-state index >= 15 is 0 Å². The van der Waals surface area contributed by atoms with Gasteiger partial charge in [0, 0.05) is 12.6 Å². The first-order valence-electron chi connectivity index (χ1n) is 6.56. The van der Waals surface area contributed by atoms with Crippen LogP contribution in [0.15, 0.2) is 42.6 Å². The van der Waals surface area contributed by atoms with Gasteiger partial charge in [-0.25, -0.2) is 0 Å². The average Bonchev–Trinajstić information content (AvgIpc) is 2.88. The molecule has 3 rings (SSSR count). The van der Waals surface area contributed by atoms with Crippen molar-refractivity contribution in [2.45, 2.75) is 19.8 Å². The zero-order chi connectivity index (χ0) is 13.9. The first-order chi connectivity index (χ1) is 9.78. The van der Waals surface area contributed by atoms with Gasteiger partial charge in [0.05, 0.1) is 5.56 Å². The highest BCUT2D eigenvalue weighted by Crippen LogP contribution is 2.12. The highest BCUT2D eigenvalue weighted by atomic mass is 15.2. The lowest BCUT2D eigenvalue weighted by atomic mass is 10.0. The molecule has 0 unspecified atom stereocenters. The summed E-state index contributed by atoms with van der Waals surface area (Å²) in [6.45, 7) is 2.12. The van der Waals surface area contributed by atoms with Gasteiger partial charge in [-0.3, -0.25) is 4.40 Å². The molecule has 0 aliphatic carbocycles. The highest BCUT2D eigenvalue weighted by Gasteiger charge is 2.07. The van der Waals surface area contributed by atoms with Crippen molar-refractivity contribution in [1.29, 1.82) is 5.26 Å². The summed E-state index contributed by atoms with van der Waals surface area (Å²) in [5.74, 6) is 0.889. The van der Waals surface area contributed by atoms with Gasteiger partial charge >= 0.3 is 0 Å². The van der Waals surface area contributed by atoms with Crippen LogP contribution in [0.2, 0.25) is 0 Å². The summed E-state index contributed by atoms with van der Waals surface area (Å²) in [6.07, 6.45) is 3.52. The van der Waals surface area contributed by atoms with E-state index < -0.39 is 0 Å². The van der Waals surface area contributed by atoms with E-state index in [0.29, 0.717) is 5.56 Å². The third kappa shape index (κ3) is 2.26. The molecular weight excluding hydrogens is 248 g/mol. The molecule has 20 heavy (non-hydrogen) atoms. The summed E-state index contributed by atoms with van der Waals surface area (Å²) in [6, 6.07) is 14.1. The van der Waals surface area contributed by atoms with E-state index in [4.69, 9.17) is 5.26 Å². The van der Waals surface area contributed by atoms with Crippen molar-refractivity contribution in [3.05, 3.63) is 65.1 Å². The van der Waals surface area contributed by atoms with E-state index in [1.54, 1.807) is 12.3 Å². The van der Waals surface area contributed by atoms with Gasteiger partial charge in [-0.15, -0.1) is 10.2 Å². The zero-order valence-corrected chi connectivity index (χ0v) is 11.2. The Bertz CT molecular complexity index is 796. The van der Waals surface area contributed by atoms with Gasteiger partial charge in [0.15, 0.2) is 5.65 Å². The number of hydrogen-bond acceptors (Lipinski definition) is 3. The van der Waals surface area contributed by atoms with Crippen molar-refractivity contribution in [3.8, 4) is 6.07 Å². The molecule has 0 fully saturated rings. The van der Waals surface area contributed by atoms with E-state index in [0.717, 1.165) is 24.3 Å². The van der Waals surface area contributed by atoms with Gasteiger partial charge in [-0.05, 0) is 36.6 Å². The second-order valence-corrected chi connectivity index (χ2v) is 4.80. The SMILES string of the molecule is Cc1ccccc1CCc1nnc2ccc(C#N)cn12. The van der Waals surface area contributed by atoms with E-state index in [2.05, 4.69) is 41.4 Å². The fourth-order valence-corrected chi connectivity index (χ4v) is 2.31. The molecule has 0 N–H and O–H groups in total. The summed E-state index contributed by atoms with van der Waals surface area (Å²) in [4.78, 5) is 0. The molecule has 3 aromatic rings. The maximum absolute atomic E-state index is 8.97. The number of rotatable bonds is 3. The van der Waals surface area contributed by atoms with Crippen molar-refractivity contribution in [3.63, 3.8) is 0 Å². The number of nitrogens with zero attached hydrogens (tertiary/aromatic N) is 4. The predicted molar refractivity (Wildman–Crippen MR) is 76.3 cm³/mol. The lowest BCUT2D eigenvalue weighted by molar-refractivity contribution is 0.834. The second kappa shape index (κ2) is 5.14. The van der Waals surface area contributed by atoms with E-state index in [1.807, 2.05) is 16.5 Å². The minimum atomic E-state index is 0.620. The Morgan fingerprint density at radius 2 is 1.95 bits per heavy atom. The predicted octanol–water partition coefficient (Wildman–Crippen LogP) is 2.69. The van der Waals surface area contributed by atoms with E-state index in [-0.39, 0.29) is 0 Å². The fraction of sp³-hybridized carbons (Fsp3) is 0.188. The summed E-state index contributed by atoms with van der Waals surface area (Å²) >= 11 is 0. The van der Waals surface area contributed by atoms with Crippen LogP contribution < -0.4 is 0 Å². The molecular formula is C16H14N4. The molecule has 1 aromatic carbocycles. The lowest BCUT2D eigenvalue weighted by Crippen LogP contribution is -1.99. The molecule has 2 heterocycles. The molecule has 0 radical (unpaired) electrons. The number of hydrogen-bond donors (Lipinski definition) is 0. The van der Waals surface area contributed by atoms with Gasteiger partial charge in [0.1, 0.15) is 11.9 Å². The molecule has 98 valence electrons. The molecule has 4 heteroatoms. The van der Waals surface area contributed by atoms with Gasteiger partial charge in [0.2, 0.25) is 0 Å². The van der Waals surface area contributed by atoms with Gasteiger partial charge < -0.3 is 0 Å². The van der Waals surface area contributed by atoms with Crippen LogP contribution in [0.4, 0.5) is 0 Å². The normalized spacial score (nSPS) is 10.6. The fourth-order valence-electron chi connectivity index (χ4n) is 2.31. The van der Waals surface area contributed by atoms with Crippen molar-refractivity contribution in [1.82, 2.24) is 14.6 Å². The summed E-state index contributed by atoms with van der Waals surface area (Å²) < 4.78 is 1.90. The number of aromatic nitrogens is 3. The minimum Gasteiger partial charge on any atom is -0.285 e. The Morgan fingerprint density at radius 3 is 2.75 bits per heavy atom. The number of fused-ring (bicyclic) bond motifs is 1. The number of nitriles is 1. The van der Waals surface area contributed by atoms with Crippen LogP contribution >= 0.6 is 0 Å². The monoisotopic (exact) mass is 262 g/mol. The molecule has 0 saturated heterocycles. The van der Waals surface area contributed by atoms with Crippen molar-refractivity contribution < 1.29 is 0 Å². The summed E-state index contributed by atoms with van der Waals surface area (Å²) in [7, 11) is 0. The van der Waals surface area contributed by atoms with Gasteiger partial charge in [-0.1, -0.05) is 24.3 Å². The lowest BCUT2D eigenvalue weighted by Gasteiger charge is -2.04. The highest BCUT2D eigenvalue weighted by molar-refractivity contribution is 5.42. The topological polar surface area (TPSA) is 54.0 Å². The standard InChI is InChI=1S/C16H14N4/c1-12-4-2-3-5-14(12)7-9-16-19-18-15-8-6-13(10-17)11-20(15)16/h2-6,8,11H,7,9H2,1H3. The Balaban J connectivity index is 1.88. The first-order valence-corrected chi connectivity index (χ1v) is 6.56. The molecule has 0 bridgehead atoms. The van der Waals surface area contributed by atoms with Crippen LogP contribution in [0.3, 0.4) is 0 Å². The maximum atomic E-state index is 8.97. The number of aryl methyl sites for hydroxylation is 3. The van der Waals surface area contributed by atoms with Crippen LogP contribution in [0.1, 0.15) is 22.5 Å². The molecule has 0 aliphatic rings. The molecule has 0 spiro atoms. The van der Waals surface area contributed by atoms with Gasteiger partial charge in [0.25, 0.3) is 0 Å². The largest absolute Gasteiger partial charge is 0.285 e. The second-order valence-electron chi connectivity index (χ2n) is 4.80. The summed E-state index contributed by atoms with van der Waals surface area (Å²) in [5, 5.41) is 17.3. The molecule has 2 aromatic heterocycles. The third-order valence-electron chi connectivity index (χ3n) is 3.48. The van der Waals surface area contributed by atoms with Crippen molar-refractivity contribution in [2.24, 2.45) is 0 Å². The average molecular weight is 262 g/mol. The van der Waals surface area contributed by atoms with Gasteiger partial charge in [-0.2, -0.15) is 5.26 Å². The van der Waals surface area contributed by atoms with Crippen LogP contribution in [0.25, 0.3) is 5.65 Å². The van der Waals surface area contributed by atoms with Crippen LogP contribution in [0, 0.1) is 18.3 Å². The Morgan fingerprint density at radius 1 is 1.10 bits per heavy atom. The third-order valence-corrected chi connectivity index (χ3v) is 3.48. The van der Waals surface area contributed by atoms with E-state index in [1.165, 1.54) is 11.1 Å². The van der Waals surface area contributed by atoms with Crippen LogP contribution in [-0.4, -0.2) is 14.6 Å². The van der Waals surface area contributed by atoms with Crippen LogP contribution in [-0.2, 0) is 12.8 Å². The number of benzene rings is 1. The first kappa shape index (κ1) is 12.4.